The van der Waals surface area contributed by atoms with Gasteiger partial charge < -0.3 is 19.9 Å². The van der Waals surface area contributed by atoms with E-state index >= 15 is 0 Å². The van der Waals surface area contributed by atoms with Crippen LogP contribution in [0.15, 0.2) is 67.0 Å². The Morgan fingerprint density at radius 1 is 1.10 bits per heavy atom. The molecule has 0 saturated carbocycles. The molecule has 206 valence electrons. The third-order valence-electron chi connectivity index (χ3n) is 7.51. The Labute approximate surface area is 242 Å². The lowest BCUT2D eigenvalue weighted by atomic mass is 10.1. The van der Waals surface area contributed by atoms with Crippen molar-refractivity contribution in [2.24, 2.45) is 0 Å². The molecule has 0 unspecified atom stereocenters. The van der Waals surface area contributed by atoms with Crippen molar-refractivity contribution in [3.05, 3.63) is 89.0 Å². The first-order chi connectivity index (χ1) is 19.4. The van der Waals surface area contributed by atoms with Crippen molar-refractivity contribution in [2.75, 3.05) is 39.0 Å². The highest BCUT2D eigenvalue weighted by Gasteiger charge is 2.23. The summed E-state index contributed by atoms with van der Waals surface area (Å²) in [4.78, 5) is 15.0. The average molecular weight is 576 g/mol. The normalized spacial score (nSPS) is 15.9. The standard InChI is InChI=1S/C31H31ClFN5OS/c1-37(2)24-11-13-38(17-24)12-10-20-6-8-25-28(15-20)40-31-29(25)30(34-19-35-31)36-23-7-9-27(26(32)16-23)39-18-21-4-3-5-22(33)14-21/h3-9,14-16,19,24H,10-13,17-18H2,1-2H3,(H,34,35,36)/t24-/m0/s1. The van der Waals surface area contributed by atoms with Crippen LogP contribution < -0.4 is 10.1 Å². The number of fused-ring (bicyclic) bond motifs is 3. The Hall–Kier alpha value is -3.30. The zero-order valence-corrected chi connectivity index (χ0v) is 24.1. The van der Waals surface area contributed by atoms with Gasteiger partial charge in [0.15, 0.2) is 0 Å². The fourth-order valence-corrected chi connectivity index (χ4v) is 6.59. The van der Waals surface area contributed by atoms with Crippen LogP contribution in [0.1, 0.15) is 17.5 Å². The maximum absolute atomic E-state index is 13.5. The van der Waals surface area contributed by atoms with E-state index < -0.39 is 0 Å². The number of nitrogens with zero attached hydrogens (tertiary/aromatic N) is 4. The van der Waals surface area contributed by atoms with Crippen LogP contribution in [0.2, 0.25) is 5.02 Å². The number of hydrogen-bond donors (Lipinski definition) is 1. The molecule has 3 aromatic carbocycles. The van der Waals surface area contributed by atoms with E-state index in [-0.39, 0.29) is 12.4 Å². The van der Waals surface area contributed by atoms with E-state index in [0.29, 0.717) is 16.8 Å². The van der Waals surface area contributed by atoms with Crippen molar-refractivity contribution < 1.29 is 9.13 Å². The van der Waals surface area contributed by atoms with Crippen LogP contribution in [0, 0.1) is 5.82 Å². The smallest absolute Gasteiger partial charge is 0.143 e. The van der Waals surface area contributed by atoms with Crippen molar-refractivity contribution >= 4 is 54.7 Å². The molecule has 1 N–H and O–H groups in total. The van der Waals surface area contributed by atoms with Gasteiger partial charge in [-0.15, -0.1) is 11.3 Å². The highest BCUT2D eigenvalue weighted by Crippen LogP contribution is 2.38. The fraction of sp³-hybridized carbons (Fsp3) is 0.290. The van der Waals surface area contributed by atoms with E-state index in [1.165, 1.54) is 35.4 Å². The summed E-state index contributed by atoms with van der Waals surface area (Å²) in [5.41, 5.74) is 2.87. The van der Waals surface area contributed by atoms with Gasteiger partial charge in [-0.2, -0.15) is 0 Å². The lowest BCUT2D eigenvalue weighted by Crippen LogP contribution is -2.32. The average Bonchev–Trinajstić information content (AvgIpc) is 3.57. The molecule has 0 spiro atoms. The van der Waals surface area contributed by atoms with Gasteiger partial charge in [0.05, 0.1) is 10.4 Å². The monoisotopic (exact) mass is 575 g/mol. The first-order valence-corrected chi connectivity index (χ1v) is 14.6. The largest absolute Gasteiger partial charge is 0.487 e. The molecule has 2 aromatic heterocycles. The Morgan fingerprint density at radius 3 is 2.80 bits per heavy atom. The van der Waals surface area contributed by atoms with Gasteiger partial charge in [0.2, 0.25) is 0 Å². The molecule has 1 saturated heterocycles. The molecule has 1 fully saturated rings. The zero-order valence-electron chi connectivity index (χ0n) is 22.5. The number of aromatic nitrogens is 2. The molecular weight excluding hydrogens is 545 g/mol. The van der Waals surface area contributed by atoms with Gasteiger partial charge in [-0.25, -0.2) is 14.4 Å². The van der Waals surface area contributed by atoms with Gasteiger partial charge in [-0.1, -0.05) is 35.9 Å². The summed E-state index contributed by atoms with van der Waals surface area (Å²) in [6, 6.07) is 19.2. The summed E-state index contributed by atoms with van der Waals surface area (Å²) < 4.78 is 20.5. The number of ether oxygens (including phenoxy) is 1. The first-order valence-electron chi connectivity index (χ1n) is 13.4. The lowest BCUT2D eigenvalue weighted by molar-refractivity contribution is 0.270. The lowest BCUT2D eigenvalue weighted by Gasteiger charge is -2.20. The Kier molecular flexibility index (Phi) is 7.85. The van der Waals surface area contributed by atoms with E-state index in [1.54, 1.807) is 23.7 Å². The number of benzene rings is 3. The third kappa shape index (κ3) is 5.90. The number of likely N-dealkylation sites (tertiary alicyclic amines) is 1. The molecule has 5 aromatic rings. The van der Waals surface area contributed by atoms with Crippen LogP contribution in [0.5, 0.6) is 5.75 Å². The summed E-state index contributed by atoms with van der Waals surface area (Å²) in [6.07, 6.45) is 3.87. The second-order valence-corrected chi connectivity index (χ2v) is 11.9. The van der Waals surface area contributed by atoms with Crippen LogP contribution in [-0.4, -0.2) is 59.5 Å². The summed E-state index contributed by atoms with van der Waals surface area (Å²) in [7, 11) is 4.34. The maximum atomic E-state index is 13.5. The molecule has 0 bridgehead atoms. The van der Waals surface area contributed by atoms with Gasteiger partial charge >= 0.3 is 0 Å². The minimum Gasteiger partial charge on any atom is -0.487 e. The predicted octanol–water partition coefficient (Wildman–Crippen LogP) is 7.14. The molecule has 1 aliphatic heterocycles. The van der Waals surface area contributed by atoms with Gasteiger partial charge in [0.25, 0.3) is 0 Å². The molecule has 0 aliphatic carbocycles. The zero-order chi connectivity index (χ0) is 27.6. The highest BCUT2D eigenvalue weighted by molar-refractivity contribution is 7.25. The minimum atomic E-state index is -0.291. The summed E-state index contributed by atoms with van der Waals surface area (Å²) >= 11 is 8.22. The predicted molar refractivity (Wildman–Crippen MR) is 163 cm³/mol. The van der Waals surface area contributed by atoms with Crippen molar-refractivity contribution in [1.29, 1.82) is 0 Å². The van der Waals surface area contributed by atoms with E-state index in [0.717, 1.165) is 52.2 Å². The van der Waals surface area contributed by atoms with Crippen molar-refractivity contribution in [2.45, 2.75) is 25.5 Å². The maximum Gasteiger partial charge on any atom is 0.143 e. The fourth-order valence-electron chi connectivity index (χ4n) is 5.25. The quantitative estimate of drug-likeness (QED) is 0.202. The Balaban J connectivity index is 1.17. The number of thiophene rings is 1. The van der Waals surface area contributed by atoms with E-state index in [1.807, 2.05) is 24.3 Å². The molecule has 0 radical (unpaired) electrons. The van der Waals surface area contributed by atoms with Crippen LogP contribution in [0.4, 0.5) is 15.9 Å². The molecule has 9 heteroatoms. The van der Waals surface area contributed by atoms with Crippen molar-refractivity contribution in [1.82, 2.24) is 19.8 Å². The van der Waals surface area contributed by atoms with Crippen LogP contribution in [0.25, 0.3) is 20.3 Å². The number of anilines is 2. The minimum absolute atomic E-state index is 0.230. The molecular formula is C31H31ClFN5OS. The van der Waals surface area contributed by atoms with Crippen LogP contribution >= 0.6 is 22.9 Å². The highest BCUT2D eigenvalue weighted by atomic mass is 35.5. The number of nitrogens with one attached hydrogen (secondary N) is 1. The van der Waals surface area contributed by atoms with Gasteiger partial charge in [-0.05, 0) is 81.0 Å². The number of halogens is 2. The number of hydrogen-bond acceptors (Lipinski definition) is 7. The van der Waals surface area contributed by atoms with Crippen molar-refractivity contribution in [3.63, 3.8) is 0 Å². The molecule has 1 aliphatic rings. The number of rotatable bonds is 9. The summed E-state index contributed by atoms with van der Waals surface area (Å²) in [6.45, 7) is 3.62. The Bertz CT molecular complexity index is 1660. The summed E-state index contributed by atoms with van der Waals surface area (Å²) in [5.74, 6) is 0.977. The van der Waals surface area contributed by atoms with Gasteiger partial charge in [0.1, 0.15) is 35.1 Å². The summed E-state index contributed by atoms with van der Waals surface area (Å²) in [5, 5.41) is 6.02. The Morgan fingerprint density at radius 2 is 2.00 bits per heavy atom. The number of likely N-dealkylation sites (N-methyl/N-ethyl adjacent to an activating group) is 1. The molecule has 6 rings (SSSR count). The van der Waals surface area contributed by atoms with E-state index in [4.69, 9.17) is 16.3 Å². The molecule has 3 heterocycles. The topological polar surface area (TPSA) is 53.5 Å². The molecule has 40 heavy (non-hydrogen) atoms. The molecule has 1 atom stereocenters. The van der Waals surface area contributed by atoms with E-state index in [2.05, 4.69) is 57.4 Å². The first kappa shape index (κ1) is 26.9. The second kappa shape index (κ2) is 11.7. The molecule has 6 nitrogen and oxygen atoms in total. The molecule has 0 amide bonds. The van der Waals surface area contributed by atoms with Gasteiger partial charge in [0, 0.05) is 34.9 Å². The third-order valence-corrected chi connectivity index (χ3v) is 8.86. The van der Waals surface area contributed by atoms with Crippen LogP contribution in [-0.2, 0) is 13.0 Å². The van der Waals surface area contributed by atoms with E-state index in [9.17, 15) is 4.39 Å². The SMILES string of the molecule is CN(C)[C@H]1CCN(CCc2ccc3c(c2)sc2ncnc(Nc4ccc(OCc5cccc(F)c5)c(Cl)c4)c23)C1. The van der Waals surface area contributed by atoms with Gasteiger partial charge in [-0.3, -0.25) is 0 Å². The van der Waals surface area contributed by atoms with Crippen LogP contribution in [0.3, 0.4) is 0 Å². The second-order valence-electron chi connectivity index (χ2n) is 10.5. The van der Waals surface area contributed by atoms with Crippen molar-refractivity contribution in [3.8, 4) is 5.75 Å².